The lowest BCUT2D eigenvalue weighted by molar-refractivity contribution is 0.556. The van der Waals surface area contributed by atoms with Crippen LogP contribution in [0.2, 0.25) is 5.02 Å². The summed E-state index contributed by atoms with van der Waals surface area (Å²) in [5.41, 5.74) is 1.52. The Morgan fingerprint density at radius 3 is 2.68 bits per heavy atom. The summed E-state index contributed by atoms with van der Waals surface area (Å²) in [4.78, 5) is 4.30. The Balaban J connectivity index is 2.30. The fourth-order valence-electron chi connectivity index (χ4n) is 2.47. The van der Waals surface area contributed by atoms with Crippen molar-refractivity contribution in [3.05, 3.63) is 47.0 Å². The first-order chi connectivity index (χ1) is 11.9. The Morgan fingerprint density at radius 2 is 2.04 bits per heavy atom. The van der Waals surface area contributed by atoms with Crippen LogP contribution >= 0.6 is 11.6 Å². The predicted molar refractivity (Wildman–Crippen MR) is 96.0 cm³/mol. The van der Waals surface area contributed by atoms with Gasteiger partial charge in [-0.2, -0.15) is 14.9 Å². The molecule has 0 bridgehead atoms. The van der Waals surface area contributed by atoms with Gasteiger partial charge in [0.25, 0.3) is 0 Å². The van der Waals surface area contributed by atoms with Crippen LogP contribution in [0.25, 0.3) is 16.8 Å². The number of halogens is 2. The molecule has 3 rings (SSSR count). The number of rotatable bonds is 4. The average molecular weight is 358 g/mol. The SMILES string of the molecule is CC(C)C(C)Nc1c(-c2c(F)cccc2Cl)cnc2c(C#N)cnn12. The quantitative estimate of drug-likeness (QED) is 0.745. The molecule has 0 aliphatic heterocycles. The number of nitriles is 1. The zero-order chi connectivity index (χ0) is 18.1. The molecular formula is C18H17ClFN5. The molecule has 1 N–H and O–H groups in total. The Morgan fingerprint density at radius 1 is 1.28 bits per heavy atom. The summed E-state index contributed by atoms with van der Waals surface area (Å²) >= 11 is 6.24. The van der Waals surface area contributed by atoms with Crippen molar-refractivity contribution in [1.29, 1.82) is 5.26 Å². The van der Waals surface area contributed by atoms with Gasteiger partial charge in [0.1, 0.15) is 23.3 Å². The highest BCUT2D eigenvalue weighted by Gasteiger charge is 2.21. The van der Waals surface area contributed by atoms with Gasteiger partial charge in [0.2, 0.25) is 0 Å². The van der Waals surface area contributed by atoms with Gasteiger partial charge in [-0.3, -0.25) is 0 Å². The fraction of sp³-hybridized carbons (Fsp3) is 0.278. The summed E-state index contributed by atoms with van der Waals surface area (Å²) in [5, 5.41) is 17.1. The number of hydrogen-bond acceptors (Lipinski definition) is 4. The van der Waals surface area contributed by atoms with Crippen molar-refractivity contribution in [2.75, 3.05) is 5.32 Å². The summed E-state index contributed by atoms with van der Waals surface area (Å²) < 4.78 is 16.0. The van der Waals surface area contributed by atoms with E-state index in [-0.39, 0.29) is 16.6 Å². The molecule has 25 heavy (non-hydrogen) atoms. The molecule has 5 nitrogen and oxygen atoms in total. The molecule has 0 aliphatic carbocycles. The van der Waals surface area contributed by atoms with Crippen molar-refractivity contribution < 1.29 is 4.39 Å². The van der Waals surface area contributed by atoms with Crippen molar-refractivity contribution >= 4 is 23.1 Å². The maximum absolute atomic E-state index is 14.5. The number of hydrogen-bond donors (Lipinski definition) is 1. The second-order valence-corrected chi connectivity index (χ2v) is 6.61. The first-order valence-electron chi connectivity index (χ1n) is 7.91. The van der Waals surface area contributed by atoms with Crippen LogP contribution < -0.4 is 5.32 Å². The van der Waals surface area contributed by atoms with Crippen LogP contribution in [0.15, 0.2) is 30.6 Å². The van der Waals surface area contributed by atoms with Crippen molar-refractivity contribution in [1.82, 2.24) is 14.6 Å². The van der Waals surface area contributed by atoms with Gasteiger partial charge in [0.05, 0.1) is 11.2 Å². The van der Waals surface area contributed by atoms with Gasteiger partial charge in [-0.25, -0.2) is 9.37 Å². The van der Waals surface area contributed by atoms with Crippen molar-refractivity contribution in [3.8, 4) is 17.2 Å². The van der Waals surface area contributed by atoms with E-state index in [1.54, 1.807) is 12.1 Å². The van der Waals surface area contributed by atoms with Crippen LogP contribution in [0.5, 0.6) is 0 Å². The lowest BCUT2D eigenvalue weighted by atomic mass is 10.0. The first kappa shape index (κ1) is 17.2. The largest absolute Gasteiger partial charge is 0.367 e. The van der Waals surface area contributed by atoms with E-state index in [0.29, 0.717) is 28.5 Å². The number of aromatic nitrogens is 3. The maximum atomic E-state index is 14.5. The Kier molecular flexibility index (Phi) is 4.60. The molecule has 1 unspecified atom stereocenters. The van der Waals surface area contributed by atoms with Gasteiger partial charge in [-0.15, -0.1) is 0 Å². The molecule has 0 aliphatic rings. The average Bonchev–Trinajstić information content (AvgIpc) is 2.99. The highest BCUT2D eigenvalue weighted by Crippen LogP contribution is 2.36. The zero-order valence-electron chi connectivity index (χ0n) is 14.1. The van der Waals surface area contributed by atoms with E-state index in [1.807, 2.05) is 6.92 Å². The minimum Gasteiger partial charge on any atom is -0.367 e. The third-order valence-corrected chi connectivity index (χ3v) is 4.56. The minimum atomic E-state index is -0.443. The smallest absolute Gasteiger partial charge is 0.175 e. The van der Waals surface area contributed by atoms with Crippen molar-refractivity contribution in [2.24, 2.45) is 5.92 Å². The molecule has 0 fully saturated rings. The molecular weight excluding hydrogens is 341 g/mol. The predicted octanol–water partition coefficient (Wildman–Crippen LogP) is 4.52. The Labute approximate surface area is 150 Å². The van der Waals surface area contributed by atoms with E-state index >= 15 is 0 Å². The van der Waals surface area contributed by atoms with Gasteiger partial charge in [-0.1, -0.05) is 31.5 Å². The van der Waals surface area contributed by atoms with E-state index in [2.05, 4.69) is 35.3 Å². The molecule has 2 heterocycles. The monoisotopic (exact) mass is 357 g/mol. The Hall–Kier alpha value is -2.65. The van der Waals surface area contributed by atoms with Gasteiger partial charge < -0.3 is 5.32 Å². The van der Waals surface area contributed by atoms with Gasteiger partial charge >= 0.3 is 0 Å². The Bertz CT molecular complexity index is 953. The summed E-state index contributed by atoms with van der Waals surface area (Å²) in [6.45, 7) is 6.18. The highest BCUT2D eigenvalue weighted by atomic mass is 35.5. The molecule has 3 aromatic rings. The maximum Gasteiger partial charge on any atom is 0.175 e. The molecule has 0 radical (unpaired) electrons. The summed E-state index contributed by atoms with van der Waals surface area (Å²) in [7, 11) is 0. The lowest BCUT2D eigenvalue weighted by Crippen LogP contribution is -2.24. The van der Waals surface area contributed by atoms with Gasteiger partial charge in [-0.05, 0) is 25.0 Å². The molecule has 1 atom stereocenters. The lowest BCUT2D eigenvalue weighted by Gasteiger charge is -2.22. The van der Waals surface area contributed by atoms with Gasteiger partial charge in [0.15, 0.2) is 5.65 Å². The van der Waals surface area contributed by atoms with Crippen LogP contribution in [-0.2, 0) is 0 Å². The number of nitrogens with zero attached hydrogens (tertiary/aromatic N) is 4. The van der Waals surface area contributed by atoms with Gasteiger partial charge in [0, 0.05) is 23.4 Å². The van der Waals surface area contributed by atoms with Crippen LogP contribution in [-0.4, -0.2) is 20.6 Å². The van der Waals surface area contributed by atoms with Crippen LogP contribution in [0, 0.1) is 23.1 Å². The third kappa shape index (κ3) is 3.03. The second-order valence-electron chi connectivity index (χ2n) is 6.20. The summed E-state index contributed by atoms with van der Waals surface area (Å²) in [6, 6.07) is 6.68. The molecule has 0 spiro atoms. The highest BCUT2D eigenvalue weighted by molar-refractivity contribution is 6.33. The normalized spacial score (nSPS) is 12.4. The minimum absolute atomic E-state index is 0.0876. The first-order valence-corrected chi connectivity index (χ1v) is 8.29. The van der Waals surface area contributed by atoms with E-state index in [1.165, 1.54) is 23.0 Å². The molecule has 7 heteroatoms. The van der Waals surface area contributed by atoms with E-state index < -0.39 is 5.82 Å². The fourth-order valence-corrected chi connectivity index (χ4v) is 2.73. The number of nitrogens with one attached hydrogen (secondary N) is 1. The van der Waals surface area contributed by atoms with E-state index in [9.17, 15) is 9.65 Å². The van der Waals surface area contributed by atoms with E-state index in [0.717, 1.165) is 0 Å². The third-order valence-electron chi connectivity index (χ3n) is 4.24. The molecule has 1 aromatic carbocycles. The number of fused-ring (bicyclic) bond motifs is 1. The zero-order valence-corrected chi connectivity index (χ0v) is 14.8. The van der Waals surface area contributed by atoms with E-state index in [4.69, 9.17) is 11.6 Å². The number of benzene rings is 1. The van der Waals surface area contributed by atoms with Crippen LogP contribution in [0.3, 0.4) is 0 Å². The summed E-state index contributed by atoms with van der Waals surface area (Å²) in [6.07, 6.45) is 2.97. The molecule has 2 aromatic heterocycles. The van der Waals surface area contributed by atoms with Crippen molar-refractivity contribution in [2.45, 2.75) is 26.8 Å². The standard InChI is InChI=1S/C18H17ClFN5/c1-10(2)11(3)24-18-13(16-14(19)5-4-6-15(16)20)9-22-17-12(7-21)8-23-25(17)18/h4-6,8-11,24H,1-3H3. The number of anilines is 1. The topological polar surface area (TPSA) is 66.0 Å². The summed E-state index contributed by atoms with van der Waals surface area (Å²) in [5.74, 6) is 0.444. The molecule has 128 valence electrons. The molecule has 0 saturated carbocycles. The second kappa shape index (κ2) is 6.69. The molecule has 0 amide bonds. The van der Waals surface area contributed by atoms with Crippen LogP contribution in [0.1, 0.15) is 26.3 Å². The molecule has 0 saturated heterocycles. The van der Waals surface area contributed by atoms with Crippen LogP contribution in [0.4, 0.5) is 10.2 Å². The van der Waals surface area contributed by atoms with Crippen molar-refractivity contribution in [3.63, 3.8) is 0 Å².